The van der Waals surface area contributed by atoms with E-state index in [-0.39, 0.29) is 17.2 Å². The normalized spacial score (nSPS) is 11.4. The molecule has 0 spiro atoms. The molecular weight excluding hydrogens is 440 g/mol. The number of unbranched alkanes of at least 4 members (excludes halogenated alkanes) is 1. The van der Waals surface area contributed by atoms with Crippen molar-refractivity contribution >= 4 is 55.1 Å². The van der Waals surface area contributed by atoms with Crippen LogP contribution in [0.3, 0.4) is 0 Å². The standard InChI is InChI=1S/C24H26N4O2S2/c1-5-6-10-28-23(30)21-20(17-8-7-9-25-22(17)32-21)27-24(28)31-13-18(29)26-19-15(3)11-14(2)12-16(19)4/h7-9,11-12H,5-6,10,13H2,1-4H3,(H,26,29). The van der Waals surface area contributed by atoms with E-state index < -0.39 is 0 Å². The van der Waals surface area contributed by atoms with E-state index in [0.717, 1.165) is 39.9 Å². The number of rotatable bonds is 7. The van der Waals surface area contributed by atoms with Gasteiger partial charge in [0.1, 0.15) is 9.53 Å². The van der Waals surface area contributed by atoms with Crippen molar-refractivity contribution in [2.75, 3.05) is 11.1 Å². The molecule has 1 aromatic carbocycles. The van der Waals surface area contributed by atoms with Crippen LogP contribution in [0, 0.1) is 20.8 Å². The highest BCUT2D eigenvalue weighted by Crippen LogP contribution is 2.30. The summed E-state index contributed by atoms with van der Waals surface area (Å²) < 4.78 is 2.33. The molecule has 0 saturated heterocycles. The summed E-state index contributed by atoms with van der Waals surface area (Å²) in [5, 5.41) is 4.49. The van der Waals surface area contributed by atoms with Gasteiger partial charge < -0.3 is 5.32 Å². The Balaban J connectivity index is 1.65. The molecule has 0 unspecified atom stereocenters. The van der Waals surface area contributed by atoms with E-state index in [2.05, 4.69) is 29.4 Å². The Bertz CT molecular complexity index is 1350. The van der Waals surface area contributed by atoms with Crippen LogP contribution in [0.25, 0.3) is 20.4 Å². The third kappa shape index (κ3) is 4.42. The van der Waals surface area contributed by atoms with Gasteiger partial charge in [-0.05, 0) is 50.5 Å². The highest BCUT2D eigenvalue weighted by atomic mass is 32.2. The molecule has 0 radical (unpaired) electrons. The van der Waals surface area contributed by atoms with Crippen LogP contribution < -0.4 is 10.9 Å². The number of aromatic nitrogens is 3. The van der Waals surface area contributed by atoms with Crippen molar-refractivity contribution in [1.82, 2.24) is 14.5 Å². The van der Waals surface area contributed by atoms with Crippen molar-refractivity contribution in [1.29, 1.82) is 0 Å². The minimum Gasteiger partial charge on any atom is -0.325 e. The van der Waals surface area contributed by atoms with Crippen LogP contribution in [-0.2, 0) is 11.3 Å². The van der Waals surface area contributed by atoms with Gasteiger partial charge in [0.25, 0.3) is 5.56 Å². The lowest BCUT2D eigenvalue weighted by molar-refractivity contribution is -0.113. The van der Waals surface area contributed by atoms with Crippen LogP contribution in [0.15, 0.2) is 40.4 Å². The van der Waals surface area contributed by atoms with Gasteiger partial charge in [-0.1, -0.05) is 42.8 Å². The maximum absolute atomic E-state index is 13.3. The van der Waals surface area contributed by atoms with Crippen molar-refractivity contribution in [3.05, 3.63) is 57.5 Å². The Morgan fingerprint density at radius 2 is 1.97 bits per heavy atom. The van der Waals surface area contributed by atoms with E-state index in [1.165, 1.54) is 28.7 Å². The molecule has 166 valence electrons. The number of hydrogen-bond acceptors (Lipinski definition) is 6. The first kappa shape index (κ1) is 22.5. The Morgan fingerprint density at radius 3 is 2.69 bits per heavy atom. The molecule has 32 heavy (non-hydrogen) atoms. The molecule has 0 fully saturated rings. The van der Waals surface area contributed by atoms with Gasteiger partial charge in [-0.15, -0.1) is 11.3 Å². The molecule has 4 aromatic rings. The number of carbonyl (C=O) groups is 1. The van der Waals surface area contributed by atoms with Crippen molar-refractivity contribution in [3.63, 3.8) is 0 Å². The van der Waals surface area contributed by atoms with Crippen molar-refractivity contribution < 1.29 is 4.79 Å². The van der Waals surface area contributed by atoms with Crippen LogP contribution in [-0.4, -0.2) is 26.2 Å². The zero-order valence-electron chi connectivity index (χ0n) is 18.7. The molecule has 3 aromatic heterocycles. The lowest BCUT2D eigenvalue weighted by Crippen LogP contribution is -2.24. The molecule has 0 aliphatic carbocycles. The number of nitrogens with zero attached hydrogens (tertiary/aromatic N) is 3. The molecule has 1 N–H and O–H groups in total. The first-order chi connectivity index (χ1) is 15.4. The van der Waals surface area contributed by atoms with E-state index in [1.807, 2.05) is 32.9 Å². The number of hydrogen-bond donors (Lipinski definition) is 1. The molecular formula is C24H26N4O2S2. The Hall–Kier alpha value is -2.71. The SMILES string of the molecule is CCCCn1c(SCC(=O)Nc2c(C)cc(C)cc2C)nc2c(sc3ncccc32)c1=O. The van der Waals surface area contributed by atoms with Crippen LogP contribution in [0.4, 0.5) is 5.69 Å². The lowest BCUT2D eigenvalue weighted by Gasteiger charge is -2.14. The zero-order chi connectivity index (χ0) is 22.8. The monoisotopic (exact) mass is 466 g/mol. The largest absolute Gasteiger partial charge is 0.325 e. The van der Waals surface area contributed by atoms with E-state index >= 15 is 0 Å². The smallest absolute Gasteiger partial charge is 0.272 e. The van der Waals surface area contributed by atoms with Crippen molar-refractivity contribution in [2.24, 2.45) is 0 Å². The van der Waals surface area contributed by atoms with E-state index in [1.54, 1.807) is 10.8 Å². The second-order valence-corrected chi connectivity index (χ2v) is 9.89. The van der Waals surface area contributed by atoms with Crippen molar-refractivity contribution in [2.45, 2.75) is 52.2 Å². The summed E-state index contributed by atoms with van der Waals surface area (Å²) in [4.78, 5) is 36.0. The summed E-state index contributed by atoms with van der Waals surface area (Å²) in [7, 11) is 0. The Labute approximate surface area is 195 Å². The van der Waals surface area contributed by atoms with Crippen LogP contribution in [0.5, 0.6) is 0 Å². The number of anilines is 1. The molecule has 0 bridgehead atoms. The average molecular weight is 467 g/mol. The molecule has 0 aliphatic rings. The van der Waals surface area contributed by atoms with Gasteiger partial charge in [0.05, 0.1) is 11.3 Å². The summed E-state index contributed by atoms with van der Waals surface area (Å²) in [5.74, 6) is 0.0650. The number of carbonyl (C=O) groups excluding carboxylic acids is 1. The molecule has 0 aliphatic heterocycles. The predicted molar refractivity (Wildman–Crippen MR) is 134 cm³/mol. The number of fused-ring (bicyclic) bond motifs is 3. The summed E-state index contributed by atoms with van der Waals surface area (Å²) in [6, 6.07) is 7.91. The summed E-state index contributed by atoms with van der Waals surface area (Å²) in [6.07, 6.45) is 3.56. The topological polar surface area (TPSA) is 76.9 Å². The molecule has 4 rings (SSSR count). The number of pyridine rings is 1. The van der Waals surface area contributed by atoms with E-state index in [4.69, 9.17) is 4.98 Å². The fraction of sp³-hybridized carbons (Fsp3) is 0.333. The number of aryl methyl sites for hydroxylation is 3. The van der Waals surface area contributed by atoms with Gasteiger partial charge >= 0.3 is 0 Å². The predicted octanol–water partition coefficient (Wildman–Crippen LogP) is 5.46. The molecule has 3 heterocycles. The highest BCUT2D eigenvalue weighted by molar-refractivity contribution is 7.99. The van der Waals surface area contributed by atoms with Gasteiger partial charge in [0.2, 0.25) is 5.91 Å². The summed E-state index contributed by atoms with van der Waals surface area (Å²) >= 11 is 2.68. The number of thiophene rings is 1. The molecule has 1 amide bonds. The van der Waals surface area contributed by atoms with Gasteiger partial charge in [-0.3, -0.25) is 14.2 Å². The lowest BCUT2D eigenvalue weighted by atomic mass is 10.1. The molecule has 0 saturated carbocycles. The number of thioether (sulfide) groups is 1. The minimum atomic E-state index is -0.113. The van der Waals surface area contributed by atoms with Gasteiger partial charge in [-0.2, -0.15) is 0 Å². The minimum absolute atomic E-state index is 0.0559. The van der Waals surface area contributed by atoms with E-state index in [9.17, 15) is 9.59 Å². The molecule has 8 heteroatoms. The second-order valence-electron chi connectivity index (χ2n) is 7.95. The Kier molecular flexibility index (Phi) is 6.62. The van der Waals surface area contributed by atoms with Crippen molar-refractivity contribution in [3.8, 4) is 0 Å². The first-order valence-electron chi connectivity index (χ1n) is 10.7. The maximum atomic E-state index is 13.3. The Morgan fingerprint density at radius 1 is 1.22 bits per heavy atom. The maximum Gasteiger partial charge on any atom is 0.272 e. The zero-order valence-corrected chi connectivity index (χ0v) is 20.3. The first-order valence-corrected chi connectivity index (χ1v) is 12.5. The fourth-order valence-electron chi connectivity index (χ4n) is 3.85. The molecule has 0 atom stereocenters. The van der Waals surface area contributed by atoms with Crippen LogP contribution in [0.1, 0.15) is 36.5 Å². The molecule has 6 nitrogen and oxygen atoms in total. The second kappa shape index (κ2) is 9.42. The van der Waals surface area contributed by atoms with Gasteiger partial charge in [-0.25, -0.2) is 9.97 Å². The fourth-order valence-corrected chi connectivity index (χ4v) is 5.70. The van der Waals surface area contributed by atoms with Crippen LogP contribution in [0.2, 0.25) is 0 Å². The van der Waals surface area contributed by atoms with Crippen LogP contribution >= 0.6 is 23.1 Å². The number of amides is 1. The summed E-state index contributed by atoms with van der Waals surface area (Å²) in [5.41, 5.74) is 4.71. The third-order valence-corrected chi connectivity index (χ3v) is 7.39. The quantitative estimate of drug-likeness (QED) is 0.289. The number of benzene rings is 1. The summed E-state index contributed by atoms with van der Waals surface area (Å²) in [6.45, 7) is 8.71. The third-order valence-electron chi connectivity index (χ3n) is 5.33. The average Bonchev–Trinajstić information content (AvgIpc) is 3.13. The highest BCUT2D eigenvalue weighted by Gasteiger charge is 2.18. The number of nitrogens with one attached hydrogen (secondary N) is 1. The van der Waals surface area contributed by atoms with Gasteiger partial charge in [0.15, 0.2) is 5.16 Å². The van der Waals surface area contributed by atoms with E-state index in [0.29, 0.717) is 21.9 Å². The van der Waals surface area contributed by atoms with Gasteiger partial charge in [0, 0.05) is 23.8 Å².